The molecule has 0 heterocycles. The van der Waals surface area contributed by atoms with Crippen LogP contribution in [0, 0.1) is 0 Å². The number of allylic oxidation sites excluding steroid dienone is 12. The van der Waals surface area contributed by atoms with Crippen LogP contribution in [0.2, 0.25) is 0 Å². The molecule has 0 N–H and O–H groups in total. The molecule has 0 aliphatic carbocycles. The maximum Gasteiger partial charge on any atom is 0.306 e. The largest absolute Gasteiger partial charge is 0.462 e. The molecule has 0 rings (SSSR count). The topological polar surface area (TPSA) is 78.9 Å². The number of unbranched alkanes of at least 4 members (excludes halogenated alkanes) is 17. The highest BCUT2D eigenvalue weighted by molar-refractivity contribution is 5.71. The zero-order valence-corrected chi connectivity index (χ0v) is 36.4. The number of hydrogen-bond donors (Lipinski definition) is 0. The van der Waals surface area contributed by atoms with Gasteiger partial charge in [0.2, 0.25) is 0 Å². The first-order valence-electron chi connectivity index (χ1n) is 22.9. The van der Waals surface area contributed by atoms with E-state index in [0.717, 1.165) is 96.3 Å². The van der Waals surface area contributed by atoms with Crippen molar-refractivity contribution in [3.63, 3.8) is 0 Å². The first kappa shape index (κ1) is 52.9. The van der Waals surface area contributed by atoms with Gasteiger partial charge in [-0.15, -0.1) is 0 Å². The molecule has 0 bridgehead atoms. The molecule has 1 atom stereocenters. The van der Waals surface area contributed by atoms with E-state index in [1.54, 1.807) is 0 Å². The van der Waals surface area contributed by atoms with Crippen LogP contribution in [-0.4, -0.2) is 37.2 Å². The highest BCUT2D eigenvalue weighted by atomic mass is 16.6. The fourth-order valence-electron chi connectivity index (χ4n) is 6.00. The summed E-state index contributed by atoms with van der Waals surface area (Å²) in [7, 11) is 0. The Hall–Kier alpha value is -3.15. The van der Waals surface area contributed by atoms with Gasteiger partial charge in [0.1, 0.15) is 13.2 Å². The van der Waals surface area contributed by atoms with Gasteiger partial charge in [0.25, 0.3) is 0 Å². The normalized spacial score (nSPS) is 12.7. The summed E-state index contributed by atoms with van der Waals surface area (Å²) in [6.07, 6.45) is 54.6. The Morgan fingerprint density at radius 2 is 0.714 bits per heavy atom. The smallest absolute Gasteiger partial charge is 0.306 e. The molecule has 0 aromatic rings. The Labute approximate surface area is 344 Å². The molecule has 0 fully saturated rings. The molecule has 0 aliphatic heterocycles. The third-order valence-electron chi connectivity index (χ3n) is 9.45. The van der Waals surface area contributed by atoms with Crippen LogP contribution >= 0.6 is 0 Å². The molecule has 320 valence electrons. The van der Waals surface area contributed by atoms with Gasteiger partial charge in [-0.2, -0.15) is 0 Å². The number of carbonyl (C=O) groups excluding carboxylic acids is 3. The summed E-state index contributed by atoms with van der Waals surface area (Å²) in [6.45, 7) is 6.40. The molecular formula is C50H84O6. The molecule has 6 heteroatoms. The second kappa shape index (κ2) is 44.6. The van der Waals surface area contributed by atoms with Crippen LogP contribution in [0.15, 0.2) is 72.9 Å². The highest BCUT2D eigenvalue weighted by Gasteiger charge is 2.19. The van der Waals surface area contributed by atoms with E-state index in [1.165, 1.54) is 64.2 Å². The summed E-state index contributed by atoms with van der Waals surface area (Å²) in [5.41, 5.74) is 0. The Morgan fingerprint density at radius 3 is 1.20 bits per heavy atom. The minimum Gasteiger partial charge on any atom is -0.462 e. The van der Waals surface area contributed by atoms with Crippen LogP contribution in [0.25, 0.3) is 0 Å². The second-order valence-electron chi connectivity index (χ2n) is 14.9. The summed E-state index contributed by atoms with van der Waals surface area (Å²) in [5.74, 6) is -0.980. The van der Waals surface area contributed by atoms with Gasteiger partial charge in [0.15, 0.2) is 6.10 Å². The zero-order valence-electron chi connectivity index (χ0n) is 36.4. The molecule has 56 heavy (non-hydrogen) atoms. The van der Waals surface area contributed by atoms with Crippen molar-refractivity contribution in [3.05, 3.63) is 72.9 Å². The van der Waals surface area contributed by atoms with Crippen LogP contribution in [-0.2, 0) is 28.6 Å². The zero-order chi connectivity index (χ0) is 40.8. The molecule has 0 spiro atoms. The van der Waals surface area contributed by atoms with E-state index in [2.05, 4.69) is 93.7 Å². The lowest BCUT2D eigenvalue weighted by atomic mass is 10.1. The van der Waals surface area contributed by atoms with E-state index in [4.69, 9.17) is 14.2 Å². The average Bonchev–Trinajstić information content (AvgIpc) is 3.19. The van der Waals surface area contributed by atoms with Gasteiger partial charge >= 0.3 is 17.9 Å². The van der Waals surface area contributed by atoms with Gasteiger partial charge in [0, 0.05) is 19.3 Å². The van der Waals surface area contributed by atoms with Crippen molar-refractivity contribution < 1.29 is 28.6 Å². The average molecular weight is 781 g/mol. The Morgan fingerprint density at radius 1 is 0.375 bits per heavy atom. The summed E-state index contributed by atoms with van der Waals surface area (Å²) in [5, 5.41) is 0. The van der Waals surface area contributed by atoms with Crippen molar-refractivity contribution in [2.24, 2.45) is 0 Å². The monoisotopic (exact) mass is 781 g/mol. The van der Waals surface area contributed by atoms with Gasteiger partial charge in [-0.25, -0.2) is 0 Å². The van der Waals surface area contributed by atoms with Gasteiger partial charge in [0.05, 0.1) is 0 Å². The van der Waals surface area contributed by atoms with Gasteiger partial charge in [-0.3, -0.25) is 14.4 Å². The molecule has 0 amide bonds. The molecule has 6 nitrogen and oxygen atoms in total. The van der Waals surface area contributed by atoms with E-state index in [1.807, 2.05) is 0 Å². The van der Waals surface area contributed by atoms with E-state index in [0.29, 0.717) is 19.3 Å². The van der Waals surface area contributed by atoms with Crippen molar-refractivity contribution in [2.45, 2.75) is 213 Å². The van der Waals surface area contributed by atoms with Gasteiger partial charge in [-0.1, -0.05) is 177 Å². The fourth-order valence-corrected chi connectivity index (χ4v) is 6.00. The maximum absolute atomic E-state index is 12.7. The Bertz CT molecular complexity index is 1080. The number of rotatable bonds is 40. The molecule has 0 saturated heterocycles. The van der Waals surface area contributed by atoms with Crippen molar-refractivity contribution in [1.82, 2.24) is 0 Å². The summed E-state index contributed by atoms with van der Waals surface area (Å²) < 4.78 is 16.6. The van der Waals surface area contributed by atoms with Crippen LogP contribution in [0.3, 0.4) is 0 Å². The Kier molecular flexibility index (Phi) is 42.1. The van der Waals surface area contributed by atoms with Gasteiger partial charge < -0.3 is 14.2 Å². The van der Waals surface area contributed by atoms with Crippen molar-refractivity contribution in [3.8, 4) is 0 Å². The van der Waals surface area contributed by atoms with Crippen molar-refractivity contribution in [2.75, 3.05) is 13.2 Å². The summed E-state index contributed by atoms with van der Waals surface area (Å²) in [4.78, 5) is 37.7. The van der Waals surface area contributed by atoms with Crippen molar-refractivity contribution in [1.29, 1.82) is 0 Å². The number of hydrogen-bond acceptors (Lipinski definition) is 6. The second-order valence-corrected chi connectivity index (χ2v) is 14.9. The lowest BCUT2D eigenvalue weighted by Crippen LogP contribution is -2.30. The summed E-state index contributed by atoms with van der Waals surface area (Å²) in [6, 6.07) is 0. The van der Waals surface area contributed by atoms with E-state index >= 15 is 0 Å². The Balaban J connectivity index is 4.46. The molecule has 0 saturated carbocycles. The molecule has 0 aromatic heterocycles. The molecule has 0 aliphatic rings. The number of esters is 3. The molecule has 0 radical (unpaired) electrons. The third-order valence-corrected chi connectivity index (χ3v) is 9.45. The standard InChI is InChI=1S/C50H84O6/c1-4-7-10-13-16-19-21-23-24-25-26-27-29-31-34-37-40-43-49(52)55-46-47(45-54-48(51)42-39-36-33-30-18-15-12-9-6-3)56-50(53)44-41-38-35-32-28-22-20-17-14-11-8-5-2/h8,11,16-17,19-20,23-24,26-27,31,34,47H,4-7,9-10,12-15,18,21-22,25,28-30,32-33,35-46H2,1-3H3/b11-8-,19-16-,20-17-,24-23-,27-26-,34-31-. The number of carbonyl (C=O) groups is 3. The first-order chi connectivity index (χ1) is 27.5. The molecular weight excluding hydrogens is 697 g/mol. The predicted octanol–water partition coefficient (Wildman–Crippen LogP) is 14.7. The van der Waals surface area contributed by atoms with Crippen LogP contribution in [0.4, 0.5) is 0 Å². The lowest BCUT2D eigenvalue weighted by molar-refractivity contribution is -0.167. The highest BCUT2D eigenvalue weighted by Crippen LogP contribution is 2.13. The van der Waals surface area contributed by atoms with Crippen LogP contribution < -0.4 is 0 Å². The summed E-state index contributed by atoms with van der Waals surface area (Å²) >= 11 is 0. The minimum absolute atomic E-state index is 0.0980. The third kappa shape index (κ3) is 42.0. The van der Waals surface area contributed by atoms with E-state index in [9.17, 15) is 14.4 Å². The van der Waals surface area contributed by atoms with E-state index < -0.39 is 6.10 Å². The quantitative estimate of drug-likeness (QED) is 0.0267. The molecule has 0 aromatic carbocycles. The van der Waals surface area contributed by atoms with Crippen LogP contribution in [0.1, 0.15) is 207 Å². The van der Waals surface area contributed by atoms with Crippen molar-refractivity contribution >= 4 is 17.9 Å². The first-order valence-corrected chi connectivity index (χ1v) is 22.9. The van der Waals surface area contributed by atoms with Crippen LogP contribution in [0.5, 0.6) is 0 Å². The maximum atomic E-state index is 12.7. The fraction of sp³-hybridized carbons (Fsp3) is 0.700. The minimum atomic E-state index is -0.800. The van der Waals surface area contributed by atoms with Gasteiger partial charge in [-0.05, 0) is 83.5 Å². The lowest BCUT2D eigenvalue weighted by Gasteiger charge is -2.18. The SMILES string of the molecule is CC/C=C\C/C=C\CCCCCCCC(=O)OC(COC(=O)CCC/C=C\C/C=C\C/C=C\C/C=C\CCCCC)COC(=O)CCCCCCCCCCC. The van der Waals surface area contributed by atoms with E-state index in [-0.39, 0.29) is 37.5 Å². The predicted molar refractivity (Wildman–Crippen MR) is 238 cm³/mol. The molecule has 1 unspecified atom stereocenters. The number of ether oxygens (including phenoxy) is 3.